The first-order valence-electron chi connectivity index (χ1n) is 6.70. The Hall–Kier alpha value is -1.40. The van der Waals surface area contributed by atoms with Crippen molar-refractivity contribution in [2.75, 3.05) is 29.1 Å². The highest BCUT2D eigenvalue weighted by Crippen LogP contribution is 2.23. The van der Waals surface area contributed by atoms with E-state index in [0.29, 0.717) is 23.0 Å². The molecule has 1 saturated heterocycles. The number of amides is 2. The standard InChI is InChI=1S/C15H18N2O2S2/c1-2-14(18)17-12-5-3-11(4-6-12)15(19)16-9-13-10-20-7-8-21-13/h2-6,13H,1,7-10H2,(H,16,19)(H,17,18). The summed E-state index contributed by atoms with van der Waals surface area (Å²) in [5.74, 6) is 3.11. The van der Waals surface area contributed by atoms with Crippen LogP contribution in [0.2, 0.25) is 0 Å². The SMILES string of the molecule is C=CC(=O)Nc1ccc(C(=O)NCC2CSCCS2)cc1. The van der Waals surface area contributed by atoms with Crippen LogP contribution in [0.1, 0.15) is 10.4 Å². The maximum atomic E-state index is 12.0. The van der Waals surface area contributed by atoms with Crippen LogP contribution in [0.4, 0.5) is 5.69 Å². The van der Waals surface area contributed by atoms with Gasteiger partial charge in [-0.2, -0.15) is 23.5 Å². The Labute approximate surface area is 133 Å². The zero-order valence-corrected chi connectivity index (χ0v) is 13.3. The minimum Gasteiger partial charge on any atom is -0.351 e. The van der Waals surface area contributed by atoms with Gasteiger partial charge in [0.05, 0.1) is 0 Å². The molecule has 6 heteroatoms. The normalized spacial score (nSPS) is 17.8. The van der Waals surface area contributed by atoms with Gasteiger partial charge in [-0.05, 0) is 30.3 Å². The highest BCUT2D eigenvalue weighted by Gasteiger charge is 2.15. The second kappa shape index (κ2) is 8.14. The average molecular weight is 322 g/mol. The number of thioether (sulfide) groups is 2. The van der Waals surface area contributed by atoms with Crippen LogP contribution < -0.4 is 10.6 Å². The lowest BCUT2D eigenvalue weighted by Gasteiger charge is -2.21. The summed E-state index contributed by atoms with van der Waals surface area (Å²) in [5.41, 5.74) is 1.25. The van der Waals surface area contributed by atoms with E-state index >= 15 is 0 Å². The molecule has 2 N–H and O–H groups in total. The van der Waals surface area contributed by atoms with Crippen molar-refractivity contribution in [1.29, 1.82) is 0 Å². The van der Waals surface area contributed by atoms with Gasteiger partial charge in [0.15, 0.2) is 0 Å². The predicted molar refractivity (Wildman–Crippen MR) is 91.2 cm³/mol. The van der Waals surface area contributed by atoms with E-state index in [0.717, 1.165) is 11.5 Å². The lowest BCUT2D eigenvalue weighted by Crippen LogP contribution is -2.33. The molecule has 0 aromatic heterocycles. The summed E-state index contributed by atoms with van der Waals surface area (Å²) in [5, 5.41) is 6.11. The van der Waals surface area contributed by atoms with E-state index in [9.17, 15) is 9.59 Å². The topological polar surface area (TPSA) is 58.2 Å². The highest BCUT2D eigenvalue weighted by atomic mass is 32.2. The Morgan fingerprint density at radius 1 is 1.29 bits per heavy atom. The smallest absolute Gasteiger partial charge is 0.251 e. The number of nitrogens with one attached hydrogen (secondary N) is 2. The predicted octanol–water partition coefficient (Wildman–Crippen LogP) is 2.39. The molecular formula is C15H18N2O2S2. The first-order chi connectivity index (χ1) is 10.2. The van der Waals surface area contributed by atoms with E-state index in [1.54, 1.807) is 24.3 Å². The van der Waals surface area contributed by atoms with Gasteiger partial charge in [0.1, 0.15) is 0 Å². The molecule has 2 rings (SSSR count). The maximum absolute atomic E-state index is 12.0. The molecule has 4 nitrogen and oxygen atoms in total. The van der Waals surface area contributed by atoms with E-state index in [4.69, 9.17) is 0 Å². The molecular weight excluding hydrogens is 304 g/mol. The Morgan fingerprint density at radius 2 is 2.05 bits per heavy atom. The second-order valence-electron chi connectivity index (χ2n) is 4.55. The van der Waals surface area contributed by atoms with Crippen molar-refractivity contribution in [3.05, 3.63) is 42.5 Å². The van der Waals surface area contributed by atoms with Crippen molar-refractivity contribution < 1.29 is 9.59 Å². The molecule has 1 aliphatic rings. The first kappa shape index (κ1) is 16.0. The average Bonchev–Trinajstić information content (AvgIpc) is 2.54. The summed E-state index contributed by atoms with van der Waals surface area (Å²) in [6, 6.07) is 6.83. The largest absolute Gasteiger partial charge is 0.351 e. The number of hydrogen-bond acceptors (Lipinski definition) is 4. The molecule has 0 bridgehead atoms. The van der Waals surface area contributed by atoms with Gasteiger partial charge in [-0.1, -0.05) is 6.58 Å². The van der Waals surface area contributed by atoms with Gasteiger partial charge < -0.3 is 10.6 Å². The molecule has 1 heterocycles. The van der Waals surface area contributed by atoms with Crippen LogP contribution in [0, 0.1) is 0 Å². The summed E-state index contributed by atoms with van der Waals surface area (Å²) in [7, 11) is 0. The van der Waals surface area contributed by atoms with Crippen LogP contribution in [0.15, 0.2) is 36.9 Å². The Kier molecular flexibility index (Phi) is 6.20. The molecule has 1 aromatic carbocycles. The Bertz CT molecular complexity index is 511. The molecule has 0 aliphatic carbocycles. The number of hydrogen-bond donors (Lipinski definition) is 2. The minimum absolute atomic E-state index is 0.0761. The van der Waals surface area contributed by atoms with Crippen molar-refractivity contribution in [2.24, 2.45) is 0 Å². The molecule has 1 aliphatic heterocycles. The zero-order valence-electron chi connectivity index (χ0n) is 11.6. The fourth-order valence-electron chi connectivity index (χ4n) is 1.86. The van der Waals surface area contributed by atoms with Gasteiger partial charge in [-0.3, -0.25) is 9.59 Å². The van der Waals surface area contributed by atoms with E-state index in [1.807, 2.05) is 23.5 Å². The minimum atomic E-state index is -0.265. The van der Waals surface area contributed by atoms with Crippen molar-refractivity contribution in [3.8, 4) is 0 Å². The van der Waals surface area contributed by atoms with E-state index in [1.165, 1.54) is 11.8 Å². The molecule has 1 unspecified atom stereocenters. The third-order valence-electron chi connectivity index (χ3n) is 2.98. The molecule has 0 saturated carbocycles. The Balaban J connectivity index is 1.84. The van der Waals surface area contributed by atoms with Gasteiger partial charge in [0, 0.05) is 40.3 Å². The van der Waals surface area contributed by atoms with Crippen LogP contribution in [-0.2, 0) is 4.79 Å². The van der Waals surface area contributed by atoms with Gasteiger partial charge in [0.25, 0.3) is 5.91 Å². The number of carbonyl (C=O) groups is 2. The van der Waals surface area contributed by atoms with E-state index < -0.39 is 0 Å². The zero-order chi connectivity index (χ0) is 15.1. The monoisotopic (exact) mass is 322 g/mol. The highest BCUT2D eigenvalue weighted by molar-refractivity contribution is 8.06. The van der Waals surface area contributed by atoms with Crippen LogP contribution in [0.25, 0.3) is 0 Å². The molecule has 112 valence electrons. The molecule has 0 spiro atoms. The summed E-state index contributed by atoms with van der Waals surface area (Å²) in [6.45, 7) is 4.09. The van der Waals surface area contributed by atoms with E-state index in [2.05, 4.69) is 17.2 Å². The van der Waals surface area contributed by atoms with Crippen molar-refractivity contribution in [2.45, 2.75) is 5.25 Å². The number of carbonyl (C=O) groups excluding carboxylic acids is 2. The van der Waals surface area contributed by atoms with Gasteiger partial charge in [0.2, 0.25) is 5.91 Å². The summed E-state index contributed by atoms with van der Waals surface area (Å²) in [6.07, 6.45) is 1.21. The first-order valence-corrected chi connectivity index (χ1v) is 8.90. The third-order valence-corrected chi connectivity index (χ3v) is 5.82. The third kappa shape index (κ3) is 5.13. The lowest BCUT2D eigenvalue weighted by atomic mass is 10.2. The van der Waals surface area contributed by atoms with Crippen molar-refractivity contribution >= 4 is 41.0 Å². The number of anilines is 1. The number of rotatable bonds is 5. The van der Waals surface area contributed by atoms with Crippen molar-refractivity contribution in [1.82, 2.24) is 5.32 Å². The van der Waals surface area contributed by atoms with Crippen molar-refractivity contribution in [3.63, 3.8) is 0 Å². The fourth-order valence-corrected chi connectivity index (χ4v) is 4.47. The fraction of sp³-hybridized carbons (Fsp3) is 0.333. The Morgan fingerprint density at radius 3 is 2.67 bits per heavy atom. The van der Waals surface area contributed by atoms with Gasteiger partial charge >= 0.3 is 0 Å². The lowest BCUT2D eigenvalue weighted by molar-refractivity contribution is -0.111. The molecule has 0 radical (unpaired) electrons. The maximum Gasteiger partial charge on any atom is 0.251 e. The molecule has 2 amide bonds. The number of benzene rings is 1. The van der Waals surface area contributed by atoms with Gasteiger partial charge in [-0.15, -0.1) is 0 Å². The van der Waals surface area contributed by atoms with Crippen LogP contribution in [-0.4, -0.2) is 40.9 Å². The summed E-state index contributed by atoms with van der Waals surface area (Å²) in [4.78, 5) is 23.2. The molecule has 21 heavy (non-hydrogen) atoms. The van der Waals surface area contributed by atoms with E-state index in [-0.39, 0.29) is 11.8 Å². The van der Waals surface area contributed by atoms with Crippen LogP contribution >= 0.6 is 23.5 Å². The molecule has 1 fully saturated rings. The quantitative estimate of drug-likeness (QED) is 0.817. The molecule has 1 atom stereocenters. The molecule has 1 aromatic rings. The van der Waals surface area contributed by atoms with Crippen LogP contribution in [0.5, 0.6) is 0 Å². The summed E-state index contributed by atoms with van der Waals surface area (Å²) < 4.78 is 0. The second-order valence-corrected chi connectivity index (χ2v) is 7.11. The van der Waals surface area contributed by atoms with Crippen LogP contribution in [0.3, 0.4) is 0 Å². The summed E-state index contributed by atoms with van der Waals surface area (Å²) >= 11 is 3.86. The van der Waals surface area contributed by atoms with Gasteiger partial charge in [-0.25, -0.2) is 0 Å².